The minimum atomic E-state index is -0.648. The maximum Gasteiger partial charge on any atom is 0.335 e. The minimum absolute atomic E-state index is 0.0614. The number of hydrogen-bond acceptors (Lipinski definition) is 4. The lowest BCUT2D eigenvalue weighted by atomic mass is 10.2. The summed E-state index contributed by atoms with van der Waals surface area (Å²) in [7, 11) is 0. The normalized spacial score (nSPS) is 9.72. The van der Waals surface area contributed by atoms with Gasteiger partial charge >= 0.3 is 5.97 Å². The molecule has 4 nitrogen and oxygen atoms in total. The SMILES string of the molecule is C=CC(=O)Oc1ccc(F)c(OCC)c1OCC. The fraction of sp³-hybridized carbons (Fsp3) is 0.308. The van der Waals surface area contributed by atoms with Crippen LogP contribution in [0.1, 0.15) is 13.8 Å². The van der Waals surface area contributed by atoms with E-state index in [9.17, 15) is 9.18 Å². The first-order chi connectivity index (χ1) is 8.63. The fourth-order valence-electron chi connectivity index (χ4n) is 1.31. The number of halogens is 1. The van der Waals surface area contributed by atoms with Crippen molar-refractivity contribution >= 4 is 5.97 Å². The van der Waals surface area contributed by atoms with Crippen LogP contribution in [0.25, 0.3) is 0 Å². The molecule has 0 aliphatic heterocycles. The molecule has 0 unspecified atom stereocenters. The smallest absolute Gasteiger partial charge is 0.335 e. The molecular weight excluding hydrogens is 239 g/mol. The molecule has 0 saturated heterocycles. The summed E-state index contributed by atoms with van der Waals surface area (Å²) in [5.41, 5.74) is 0. The second-order valence-electron chi connectivity index (χ2n) is 3.20. The van der Waals surface area contributed by atoms with Crippen molar-refractivity contribution in [2.45, 2.75) is 13.8 Å². The fourth-order valence-corrected chi connectivity index (χ4v) is 1.31. The van der Waals surface area contributed by atoms with E-state index in [1.807, 2.05) is 0 Å². The lowest BCUT2D eigenvalue weighted by Crippen LogP contribution is -2.07. The summed E-state index contributed by atoms with van der Waals surface area (Å²) in [4.78, 5) is 11.2. The van der Waals surface area contributed by atoms with Gasteiger partial charge in [0.15, 0.2) is 11.6 Å². The molecule has 0 aliphatic carbocycles. The zero-order valence-corrected chi connectivity index (χ0v) is 10.4. The third-order valence-corrected chi connectivity index (χ3v) is 1.98. The third-order valence-electron chi connectivity index (χ3n) is 1.98. The number of carbonyl (C=O) groups excluding carboxylic acids is 1. The quantitative estimate of drug-likeness (QED) is 0.445. The number of rotatable bonds is 6. The van der Waals surface area contributed by atoms with Crippen molar-refractivity contribution in [3.63, 3.8) is 0 Å². The highest BCUT2D eigenvalue weighted by atomic mass is 19.1. The Morgan fingerprint density at radius 3 is 2.44 bits per heavy atom. The highest BCUT2D eigenvalue weighted by Gasteiger charge is 2.18. The molecule has 0 amide bonds. The van der Waals surface area contributed by atoms with Gasteiger partial charge in [0.2, 0.25) is 11.5 Å². The van der Waals surface area contributed by atoms with Gasteiger partial charge in [0.1, 0.15) is 0 Å². The van der Waals surface area contributed by atoms with E-state index in [1.54, 1.807) is 13.8 Å². The highest BCUT2D eigenvalue weighted by molar-refractivity contribution is 5.84. The Morgan fingerprint density at radius 1 is 1.28 bits per heavy atom. The Hall–Kier alpha value is -2.04. The van der Waals surface area contributed by atoms with Crippen molar-refractivity contribution in [3.05, 3.63) is 30.6 Å². The average Bonchev–Trinajstić information content (AvgIpc) is 2.37. The van der Waals surface area contributed by atoms with E-state index in [2.05, 4.69) is 6.58 Å². The molecule has 1 rings (SSSR count). The van der Waals surface area contributed by atoms with Crippen LogP contribution in [-0.2, 0) is 4.79 Å². The molecule has 0 heterocycles. The van der Waals surface area contributed by atoms with Gasteiger partial charge in [-0.15, -0.1) is 0 Å². The molecule has 1 aromatic carbocycles. The Morgan fingerprint density at radius 2 is 1.89 bits per heavy atom. The first-order valence-electron chi connectivity index (χ1n) is 5.56. The lowest BCUT2D eigenvalue weighted by Gasteiger charge is -2.14. The number of ether oxygens (including phenoxy) is 3. The minimum Gasteiger partial charge on any atom is -0.487 e. The molecule has 0 radical (unpaired) electrons. The Bertz CT molecular complexity index is 443. The summed E-state index contributed by atoms with van der Waals surface area (Å²) in [5, 5.41) is 0. The van der Waals surface area contributed by atoms with E-state index in [-0.39, 0.29) is 23.9 Å². The van der Waals surface area contributed by atoms with Gasteiger partial charge in [-0.3, -0.25) is 0 Å². The maximum absolute atomic E-state index is 13.6. The molecule has 0 fully saturated rings. The standard InChI is InChI=1S/C13H15FO4/c1-4-11(15)18-10-8-7-9(14)12(16-5-2)13(10)17-6-3/h4,7-8H,1,5-6H2,2-3H3. The van der Waals surface area contributed by atoms with Gasteiger partial charge in [-0.2, -0.15) is 0 Å². The number of hydrogen-bond donors (Lipinski definition) is 0. The predicted octanol–water partition coefficient (Wildman–Crippen LogP) is 2.71. The van der Waals surface area contributed by atoms with Crippen LogP contribution in [-0.4, -0.2) is 19.2 Å². The monoisotopic (exact) mass is 254 g/mol. The largest absolute Gasteiger partial charge is 0.487 e. The van der Waals surface area contributed by atoms with Crippen LogP contribution in [0.15, 0.2) is 24.8 Å². The average molecular weight is 254 g/mol. The second-order valence-corrected chi connectivity index (χ2v) is 3.20. The predicted molar refractivity (Wildman–Crippen MR) is 64.6 cm³/mol. The van der Waals surface area contributed by atoms with Crippen LogP contribution in [0, 0.1) is 5.82 Å². The lowest BCUT2D eigenvalue weighted by molar-refractivity contribution is -0.129. The second kappa shape index (κ2) is 6.64. The van der Waals surface area contributed by atoms with Gasteiger partial charge in [0.05, 0.1) is 13.2 Å². The highest BCUT2D eigenvalue weighted by Crippen LogP contribution is 2.39. The molecule has 0 spiro atoms. The molecular formula is C13H15FO4. The molecule has 18 heavy (non-hydrogen) atoms. The van der Waals surface area contributed by atoms with Gasteiger partial charge in [0, 0.05) is 6.08 Å². The summed E-state index contributed by atoms with van der Waals surface area (Å²) in [6.45, 7) is 7.31. The molecule has 1 aromatic rings. The topological polar surface area (TPSA) is 44.8 Å². The van der Waals surface area contributed by atoms with E-state index in [0.29, 0.717) is 6.61 Å². The zero-order valence-electron chi connectivity index (χ0n) is 10.4. The van der Waals surface area contributed by atoms with Crippen molar-refractivity contribution < 1.29 is 23.4 Å². The van der Waals surface area contributed by atoms with Gasteiger partial charge in [0.25, 0.3) is 0 Å². The van der Waals surface area contributed by atoms with E-state index in [1.165, 1.54) is 6.07 Å². The molecule has 0 aromatic heterocycles. The first kappa shape index (κ1) is 14.0. The third kappa shape index (κ3) is 3.23. The number of esters is 1. The Balaban J connectivity index is 3.19. The van der Waals surface area contributed by atoms with Crippen LogP contribution < -0.4 is 14.2 Å². The molecule has 0 saturated carbocycles. The molecule has 0 N–H and O–H groups in total. The summed E-state index contributed by atoms with van der Waals surface area (Å²) < 4.78 is 29.0. The molecule has 0 aliphatic rings. The van der Waals surface area contributed by atoms with Crippen molar-refractivity contribution in [1.82, 2.24) is 0 Å². The van der Waals surface area contributed by atoms with E-state index >= 15 is 0 Å². The Labute approximate surface area is 105 Å². The number of benzene rings is 1. The molecule has 5 heteroatoms. The van der Waals surface area contributed by atoms with Gasteiger partial charge in [-0.05, 0) is 26.0 Å². The van der Waals surface area contributed by atoms with Crippen LogP contribution >= 0.6 is 0 Å². The zero-order chi connectivity index (χ0) is 13.5. The molecule has 0 bridgehead atoms. The van der Waals surface area contributed by atoms with Gasteiger partial charge < -0.3 is 14.2 Å². The van der Waals surface area contributed by atoms with Crippen molar-refractivity contribution in [1.29, 1.82) is 0 Å². The van der Waals surface area contributed by atoms with Crippen LogP contribution in [0.3, 0.4) is 0 Å². The van der Waals surface area contributed by atoms with Crippen molar-refractivity contribution in [3.8, 4) is 17.2 Å². The first-order valence-corrected chi connectivity index (χ1v) is 5.56. The number of carbonyl (C=O) groups is 1. The summed E-state index contributed by atoms with van der Waals surface area (Å²) in [6, 6.07) is 2.46. The summed E-state index contributed by atoms with van der Waals surface area (Å²) >= 11 is 0. The Kier molecular flexibility index (Phi) is 5.17. The summed E-state index contributed by atoms with van der Waals surface area (Å²) in [6.07, 6.45) is 1.01. The summed E-state index contributed by atoms with van der Waals surface area (Å²) in [5.74, 6) is -1.10. The van der Waals surface area contributed by atoms with E-state index in [4.69, 9.17) is 14.2 Å². The van der Waals surface area contributed by atoms with E-state index < -0.39 is 11.8 Å². The molecule has 98 valence electrons. The van der Waals surface area contributed by atoms with Gasteiger partial charge in [-0.25, -0.2) is 9.18 Å². The maximum atomic E-state index is 13.6. The van der Waals surface area contributed by atoms with Crippen LogP contribution in [0.5, 0.6) is 17.2 Å². The van der Waals surface area contributed by atoms with Crippen LogP contribution in [0.2, 0.25) is 0 Å². The van der Waals surface area contributed by atoms with Crippen molar-refractivity contribution in [2.24, 2.45) is 0 Å². The van der Waals surface area contributed by atoms with E-state index in [0.717, 1.165) is 12.1 Å². The molecule has 0 atom stereocenters. The van der Waals surface area contributed by atoms with Crippen molar-refractivity contribution in [2.75, 3.05) is 13.2 Å². The van der Waals surface area contributed by atoms with Crippen LogP contribution in [0.4, 0.5) is 4.39 Å². The van der Waals surface area contributed by atoms with Gasteiger partial charge in [-0.1, -0.05) is 6.58 Å².